The number of carbonyl (C=O) groups excluding carboxylic acids is 2. The molecule has 1 aromatic carbocycles. The van der Waals surface area contributed by atoms with Crippen molar-refractivity contribution in [2.45, 2.75) is 62.6 Å². The van der Waals surface area contributed by atoms with Crippen molar-refractivity contribution in [3.63, 3.8) is 0 Å². The normalized spacial score (nSPS) is 41.7. The lowest BCUT2D eigenvalue weighted by Crippen LogP contribution is -2.61. The number of fused-ring (bicyclic) bond motifs is 5. The third-order valence-electron chi connectivity index (χ3n) is 9.30. The summed E-state index contributed by atoms with van der Waals surface area (Å²) in [7, 11) is 0. The Bertz CT molecular complexity index is 1070. The molecule has 0 aliphatic heterocycles. The van der Waals surface area contributed by atoms with E-state index in [0.29, 0.717) is 17.7 Å². The Morgan fingerprint density at radius 2 is 2.00 bits per heavy atom. The zero-order valence-electron chi connectivity index (χ0n) is 19.1. The minimum Gasteiger partial charge on any atom is -0.393 e. The second kappa shape index (κ2) is 7.89. The molecule has 0 aromatic heterocycles. The third-order valence-corrected chi connectivity index (χ3v) is 10.4. The molecule has 4 nitrogen and oxygen atoms in total. The minimum absolute atomic E-state index is 0.000611. The molecule has 1 aromatic rings. The number of benzene rings is 1. The van der Waals surface area contributed by atoms with Crippen LogP contribution in [0.4, 0.5) is 4.39 Å². The molecule has 4 aliphatic rings. The van der Waals surface area contributed by atoms with Gasteiger partial charge >= 0.3 is 0 Å². The number of aliphatic hydroxyl groups excluding tert-OH is 1. The molecule has 0 spiro atoms. The summed E-state index contributed by atoms with van der Waals surface area (Å²) in [5.41, 5.74) is -1.54. The van der Waals surface area contributed by atoms with Gasteiger partial charge < -0.3 is 10.2 Å². The van der Waals surface area contributed by atoms with Gasteiger partial charge in [0.15, 0.2) is 11.6 Å². The molecule has 33 heavy (non-hydrogen) atoms. The van der Waals surface area contributed by atoms with Crippen LogP contribution in [0.1, 0.15) is 46.0 Å². The first kappa shape index (κ1) is 23.0. The quantitative estimate of drug-likeness (QED) is 0.634. The fraction of sp³-hybridized carbons (Fsp3) is 0.556. The largest absolute Gasteiger partial charge is 0.393 e. The fourth-order valence-corrected chi connectivity index (χ4v) is 8.52. The fourth-order valence-electron chi connectivity index (χ4n) is 7.61. The molecule has 2 N–H and O–H groups in total. The topological polar surface area (TPSA) is 74.6 Å². The molecule has 3 fully saturated rings. The summed E-state index contributed by atoms with van der Waals surface area (Å²) in [5.74, 6) is -0.402. The van der Waals surface area contributed by atoms with Crippen LogP contribution in [0.5, 0.6) is 0 Å². The molecule has 0 radical (unpaired) electrons. The number of hydrogen-bond acceptors (Lipinski definition) is 5. The van der Waals surface area contributed by atoms with E-state index in [9.17, 15) is 24.2 Å². The highest BCUT2D eigenvalue weighted by Crippen LogP contribution is 2.67. The maximum Gasteiger partial charge on any atom is 0.178 e. The monoisotopic (exact) mass is 470 g/mol. The van der Waals surface area contributed by atoms with Crippen LogP contribution in [-0.2, 0) is 9.59 Å². The molecule has 7 atom stereocenters. The molecule has 4 aliphatic carbocycles. The molecule has 6 heteroatoms. The van der Waals surface area contributed by atoms with Crippen molar-refractivity contribution in [1.29, 1.82) is 0 Å². The third kappa shape index (κ3) is 3.32. The lowest BCUT2D eigenvalue weighted by Gasteiger charge is -2.59. The average molecular weight is 471 g/mol. The van der Waals surface area contributed by atoms with E-state index in [2.05, 4.69) is 6.92 Å². The van der Waals surface area contributed by atoms with E-state index in [0.717, 1.165) is 36.6 Å². The van der Waals surface area contributed by atoms with Gasteiger partial charge in [-0.15, -0.1) is 11.8 Å². The van der Waals surface area contributed by atoms with Crippen LogP contribution in [0.15, 0.2) is 53.0 Å². The zero-order chi connectivity index (χ0) is 23.6. The number of ketones is 2. The Balaban J connectivity index is 1.41. The van der Waals surface area contributed by atoms with Gasteiger partial charge in [0.2, 0.25) is 0 Å². The van der Waals surface area contributed by atoms with E-state index in [1.54, 1.807) is 30.4 Å². The van der Waals surface area contributed by atoms with Gasteiger partial charge in [0.25, 0.3) is 0 Å². The maximum atomic E-state index is 14.0. The van der Waals surface area contributed by atoms with Gasteiger partial charge in [-0.25, -0.2) is 4.39 Å². The van der Waals surface area contributed by atoms with Gasteiger partial charge in [-0.2, -0.15) is 0 Å². The highest BCUT2D eigenvalue weighted by atomic mass is 32.2. The van der Waals surface area contributed by atoms with Crippen molar-refractivity contribution in [3.05, 3.63) is 53.9 Å². The molecule has 0 saturated heterocycles. The zero-order valence-corrected chi connectivity index (χ0v) is 19.9. The van der Waals surface area contributed by atoms with Gasteiger partial charge in [-0.05, 0) is 68.2 Å². The summed E-state index contributed by atoms with van der Waals surface area (Å²) < 4.78 is 14.0. The van der Waals surface area contributed by atoms with Gasteiger partial charge in [0.05, 0.1) is 11.9 Å². The van der Waals surface area contributed by atoms with E-state index in [1.165, 1.54) is 6.07 Å². The number of allylic oxidation sites excluding steroid dienone is 4. The predicted molar refractivity (Wildman–Crippen MR) is 125 cm³/mol. The summed E-state index contributed by atoms with van der Waals surface area (Å²) in [6.45, 7) is 4.07. The lowest BCUT2D eigenvalue weighted by molar-refractivity contribution is -0.174. The molecule has 0 amide bonds. The summed E-state index contributed by atoms with van der Waals surface area (Å²) in [6, 6.07) is 6.35. The van der Waals surface area contributed by atoms with Crippen molar-refractivity contribution >= 4 is 23.3 Å². The van der Waals surface area contributed by atoms with Crippen molar-refractivity contribution < 1.29 is 24.2 Å². The van der Waals surface area contributed by atoms with Gasteiger partial charge in [-0.3, -0.25) is 9.59 Å². The van der Waals surface area contributed by atoms with Crippen molar-refractivity contribution in [3.8, 4) is 0 Å². The van der Waals surface area contributed by atoms with E-state index in [4.69, 9.17) is 0 Å². The number of halogens is 1. The van der Waals surface area contributed by atoms with E-state index >= 15 is 0 Å². The SMILES string of the molecule is CC12C=CC(=O)C=C1CCC1C2[C@@H](O)CC2(C)C1CC[C@]2(O)C(=O)CSc1ccccc1F. The summed E-state index contributed by atoms with van der Waals surface area (Å²) >= 11 is 1.12. The van der Waals surface area contributed by atoms with Crippen molar-refractivity contribution in [2.24, 2.45) is 28.6 Å². The number of aliphatic hydroxyl groups is 2. The lowest BCUT2D eigenvalue weighted by atomic mass is 9.46. The van der Waals surface area contributed by atoms with Crippen LogP contribution < -0.4 is 0 Å². The van der Waals surface area contributed by atoms with Crippen molar-refractivity contribution in [2.75, 3.05) is 5.75 Å². The standard InChI is InChI=1S/C27H31FO4S/c1-25-11-9-17(29)13-16(25)7-8-18-19-10-12-27(32,26(19,2)14-21(30)24(18)25)23(31)15-33-22-6-4-3-5-20(22)28/h3-6,9,11,13,18-19,21,24,30,32H,7-8,10,12,14-15H2,1-2H3/t18?,19?,21-,24?,25?,26?,27-/m0/s1. The van der Waals surface area contributed by atoms with Crippen LogP contribution in [0, 0.1) is 34.4 Å². The number of carbonyl (C=O) groups is 2. The van der Waals surface area contributed by atoms with Crippen molar-refractivity contribution in [1.82, 2.24) is 0 Å². The molecule has 0 heterocycles. The molecular formula is C27H31FO4S. The Kier molecular flexibility index (Phi) is 5.50. The van der Waals surface area contributed by atoms with Crippen LogP contribution in [-0.4, -0.2) is 39.2 Å². The smallest absolute Gasteiger partial charge is 0.178 e. The highest BCUT2D eigenvalue weighted by molar-refractivity contribution is 8.00. The van der Waals surface area contributed by atoms with Gasteiger partial charge in [0.1, 0.15) is 11.4 Å². The van der Waals surface area contributed by atoms with E-state index in [1.807, 2.05) is 13.0 Å². The number of hydrogen-bond donors (Lipinski definition) is 2. The number of thioether (sulfide) groups is 1. The highest BCUT2D eigenvalue weighted by Gasteiger charge is 2.67. The van der Waals surface area contributed by atoms with Gasteiger partial charge in [-0.1, -0.05) is 37.6 Å². The second-order valence-corrected chi connectivity index (χ2v) is 11.8. The number of Topliss-reactive ketones (excluding diaryl/α,β-unsaturated/α-hetero) is 1. The molecule has 176 valence electrons. The predicted octanol–water partition coefficient (Wildman–Crippen LogP) is 4.50. The maximum absolute atomic E-state index is 14.0. The molecule has 0 bridgehead atoms. The summed E-state index contributed by atoms with van der Waals surface area (Å²) in [4.78, 5) is 25.7. The van der Waals surface area contributed by atoms with E-state index < -0.39 is 17.1 Å². The second-order valence-electron chi connectivity index (χ2n) is 10.8. The molecule has 5 rings (SSSR count). The minimum atomic E-state index is -1.53. The Morgan fingerprint density at radius 3 is 2.76 bits per heavy atom. The summed E-state index contributed by atoms with van der Waals surface area (Å²) in [6.07, 6.45) is 7.71. The summed E-state index contributed by atoms with van der Waals surface area (Å²) in [5, 5.41) is 23.2. The molecular weight excluding hydrogens is 439 g/mol. The van der Waals surface area contributed by atoms with Crippen LogP contribution >= 0.6 is 11.8 Å². The molecule has 3 saturated carbocycles. The van der Waals surface area contributed by atoms with E-state index in [-0.39, 0.29) is 46.3 Å². The van der Waals surface area contributed by atoms with Crippen LogP contribution in [0.3, 0.4) is 0 Å². The first-order chi connectivity index (χ1) is 15.6. The van der Waals surface area contributed by atoms with Crippen LogP contribution in [0.2, 0.25) is 0 Å². The average Bonchev–Trinajstić information content (AvgIpc) is 3.04. The van der Waals surface area contributed by atoms with Crippen LogP contribution in [0.25, 0.3) is 0 Å². The molecule has 5 unspecified atom stereocenters. The Labute approximate surface area is 198 Å². The Hall–Kier alpha value is -1.76. The Morgan fingerprint density at radius 1 is 1.24 bits per heavy atom. The number of rotatable bonds is 4. The first-order valence-electron chi connectivity index (χ1n) is 11.9. The van der Waals surface area contributed by atoms with Gasteiger partial charge in [0, 0.05) is 21.6 Å². The first-order valence-corrected chi connectivity index (χ1v) is 12.8.